The molecule has 1 atom stereocenters. The molecule has 0 amide bonds. The first-order valence-electron chi connectivity index (χ1n) is 10.3. The van der Waals surface area contributed by atoms with Gasteiger partial charge in [-0.1, -0.05) is 30.3 Å². The van der Waals surface area contributed by atoms with E-state index in [0.717, 1.165) is 47.4 Å². The average molecular weight is 388 g/mol. The summed E-state index contributed by atoms with van der Waals surface area (Å²) in [5, 5.41) is 15.3. The van der Waals surface area contributed by atoms with Crippen LogP contribution in [0.1, 0.15) is 45.2 Å². The molecule has 0 spiro atoms. The molecule has 150 valence electrons. The molecule has 1 aliphatic heterocycles. The number of aryl methyl sites for hydroxylation is 1. The van der Waals surface area contributed by atoms with Crippen LogP contribution in [0.2, 0.25) is 0 Å². The van der Waals surface area contributed by atoms with Crippen molar-refractivity contribution in [2.45, 2.75) is 52.5 Å². The fourth-order valence-electron chi connectivity index (χ4n) is 3.96. The highest BCUT2D eigenvalue weighted by Crippen LogP contribution is 2.39. The molecule has 3 aromatic rings. The second-order valence-electron chi connectivity index (χ2n) is 9.03. The Kier molecular flexibility index (Phi) is 5.03. The quantitative estimate of drug-likeness (QED) is 0.607. The van der Waals surface area contributed by atoms with Gasteiger partial charge in [-0.3, -0.25) is 9.67 Å². The lowest BCUT2D eigenvalue weighted by atomic mass is 9.90. The van der Waals surface area contributed by atoms with Gasteiger partial charge in [0.25, 0.3) is 0 Å². The van der Waals surface area contributed by atoms with Crippen LogP contribution < -0.4 is 0 Å². The van der Waals surface area contributed by atoms with Gasteiger partial charge in [0.1, 0.15) is 11.4 Å². The van der Waals surface area contributed by atoms with Crippen molar-refractivity contribution in [3.05, 3.63) is 66.0 Å². The van der Waals surface area contributed by atoms with Crippen molar-refractivity contribution >= 4 is 11.4 Å². The molecule has 1 aromatic heterocycles. The predicted octanol–water partition coefficient (Wildman–Crippen LogP) is 5.91. The molecule has 0 radical (unpaired) electrons. The Morgan fingerprint density at radius 1 is 1.10 bits per heavy atom. The first kappa shape index (κ1) is 19.4. The van der Waals surface area contributed by atoms with Crippen LogP contribution in [-0.2, 0) is 18.4 Å². The zero-order valence-corrected chi connectivity index (χ0v) is 17.7. The average Bonchev–Trinajstić information content (AvgIpc) is 3.13. The minimum atomic E-state index is -0.0714. The number of benzene rings is 2. The van der Waals surface area contributed by atoms with E-state index in [1.54, 1.807) is 0 Å². The number of phenols is 1. The Morgan fingerprint density at radius 3 is 2.55 bits per heavy atom. The minimum Gasteiger partial charge on any atom is -0.506 e. The number of aliphatic imine (C=N–C) groups is 1. The monoisotopic (exact) mass is 387 g/mol. The Hall–Kier alpha value is -2.88. The highest BCUT2D eigenvalue weighted by Gasteiger charge is 2.22. The number of hydrogen-bond acceptors (Lipinski definition) is 3. The van der Waals surface area contributed by atoms with Crippen molar-refractivity contribution in [1.82, 2.24) is 9.78 Å². The van der Waals surface area contributed by atoms with Crippen LogP contribution in [-0.4, -0.2) is 20.6 Å². The summed E-state index contributed by atoms with van der Waals surface area (Å²) >= 11 is 0. The van der Waals surface area contributed by atoms with Gasteiger partial charge >= 0.3 is 0 Å². The lowest BCUT2D eigenvalue weighted by Crippen LogP contribution is -2.21. The molecule has 1 unspecified atom stereocenters. The van der Waals surface area contributed by atoms with Gasteiger partial charge in [-0.05, 0) is 75.8 Å². The molecule has 1 aliphatic rings. The number of fused-ring (bicyclic) bond motifs is 1. The van der Waals surface area contributed by atoms with Crippen LogP contribution >= 0.6 is 0 Å². The third kappa shape index (κ3) is 4.12. The Labute approximate surface area is 172 Å². The molecule has 2 heterocycles. The van der Waals surface area contributed by atoms with Crippen molar-refractivity contribution < 1.29 is 5.11 Å². The summed E-state index contributed by atoms with van der Waals surface area (Å²) in [6, 6.07) is 14.6. The van der Waals surface area contributed by atoms with Crippen LogP contribution in [0.5, 0.6) is 5.75 Å². The van der Waals surface area contributed by atoms with Gasteiger partial charge in [-0.15, -0.1) is 0 Å². The van der Waals surface area contributed by atoms with E-state index in [9.17, 15) is 5.11 Å². The zero-order chi connectivity index (χ0) is 20.6. The molecule has 2 aromatic carbocycles. The maximum absolute atomic E-state index is 10.7. The maximum atomic E-state index is 10.7. The molecule has 29 heavy (non-hydrogen) atoms. The third-order valence-corrected chi connectivity index (χ3v) is 5.74. The minimum absolute atomic E-state index is 0.0714. The molecule has 4 heteroatoms. The summed E-state index contributed by atoms with van der Waals surface area (Å²) < 4.78 is 1.96. The molecule has 0 saturated heterocycles. The van der Waals surface area contributed by atoms with Crippen LogP contribution in [0.15, 0.2) is 59.9 Å². The SMILES string of the molecule is CC1=Nc2c(O)cc(-c3cnn(C(C)(C)C)c3)cc2CCC1Cc1ccccc1. The molecule has 0 aliphatic carbocycles. The Bertz CT molecular complexity index is 1040. The highest BCUT2D eigenvalue weighted by atomic mass is 16.3. The van der Waals surface area contributed by atoms with Crippen molar-refractivity contribution in [3.63, 3.8) is 0 Å². The van der Waals surface area contributed by atoms with Gasteiger partial charge in [-0.25, -0.2) is 0 Å². The summed E-state index contributed by atoms with van der Waals surface area (Å²) in [5.41, 5.74) is 6.20. The maximum Gasteiger partial charge on any atom is 0.142 e. The van der Waals surface area contributed by atoms with E-state index < -0.39 is 0 Å². The first-order valence-corrected chi connectivity index (χ1v) is 10.3. The third-order valence-electron chi connectivity index (χ3n) is 5.74. The van der Waals surface area contributed by atoms with E-state index in [2.05, 4.69) is 69.2 Å². The summed E-state index contributed by atoms with van der Waals surface area (Å²) in [7, 11) is 0. The number of rotatable bonds is 3. The van der Waals surface area contributed by atoms with Crippen LogP contribution in [0.3, 0.4) is 0 Å². The standard InChI is InChI=1S/C25H29N3O/c1-17-19(12-18-8-6-5-7-9-18)10-11-20-13-21(14-23(29)24(20)27-17)22-15-26-28(16-22)25(2,3)4/h5-9,13-16,19,29H,10-12H2,1-4H3. The topological polar surface area (TPSA) is 50.4 Å². The number of phenolic OH excluding ortho intramolecular Hbond substituents is 1. The Balaban J connectivity index is 1.63. The summed E-state index contributed by atoms with van der Waals surface area (Å²) in [6.07, 6.45) is 6.83. The fraction of sp³-hybridized carbons (Fsp3) is 0.360. The van der Waals surface area contributed by atoms with E-state index in [0.29, 0.717) is 5.92 Å². The lowest BCUT2D eigenvalue weighted by molar-refractivity contribution is 0.355. The number of aromatic nitrogens is 2. The van der Waals surface area contributed by atoms with E-state index in [4.69, 9.17) is 4.99 Å². The largest absolute Gasteiger partial charge is 0.506 e. The highest BCUT2D eigenvalue weighted by molar-refractivity contribution is 5.89. The van der Waals surface area contributed by atoms with Crippen molar-refractivity contribution in [2.75, 3.05) is 0 Å². The summed E-state index contributed by atoms with van der Waals surface area (Å²) in [6.45, 7) is 8.47. The molecular weight excluding hydrogens is 358 g/mol. The van der Waals surface area contributed by atoms with Gasteiger partial charge in [-0.2, -0.15) is 5.10 Å². The Morgan fingerprint density at radius 2 is 1.86 bits per heavy atom. The normalized spacial score (nSPS) is 16.8. The van der Waals surface area contributed by atoms with Gasteiger partial charge < -0.3 is 5.11 Å². The van der Waals surface area contributed by atoms with Crippen LogP contribution in [0.25, 0.3) is 11.1 Å². The van der Waals surface area contributed by atoms with Crippen molar-refractivity contribution in [1.29, 1.82) is 0 Å². The van der Waals surface area contributed by atoms with Gasteiger partial charge in [0.2, 0.25) is 0 Å². The predicted molar refractivity (Wildman–Crippen MR) is 119 cm³/mol. The second-order valence-corrected chi connectivity index (χ2v) is 9.03. The summed E-state index contributed by atoms with van der Waals surface area (Å²) in [5.74, 6) is 0.636. The molecule has 1 N–H and O–H groups in total. The second kappa shape index (κ2) is 7.51. The fourth-order valence-corrected chi connectivity index (χ4v) is 3.96. The number of aromatic hydroxyl groups is 1. The van der Waals surface area contributed by atoms with Crippen molar-refractivity contribution in [3.8, 4) is 16.9 Å². The van der Waals surface area contributed by atoms with E-state index >= 15 is 0 Å². The van der Waals surface area contributed by atoms with E-state index in [1.807, 2.05) is 23.1 Å². The smallest absolute Gasteiger partial charge is 0.142 e. The van der Waals surface area contributed by atoms with E-state index in [1.165, 1.54) is 5.56 Å². The number of hydrogen-bond donors (Lipinski definition) is 1. The molecule has 4 nitrogen and oxygen atoms in total. The van der Waals surface area contributed by atoms with Crippen LogP contribution in [0, 0.1) is 5.92 Å². The zero-order valence-electron chi connectivity index (χ0n) is 17.7. The van der Waals surface area contributed by atoms with Gasteiger partial charge in [0.05, 0.1) is 11.7 Å². The van der Waals surface area contributed by atoms with Crippen molar-refractivity contribution in [2.24, 2.45) is 10.9 Å². The van der Waals surface area contributed by atoms with E-state index in [-0.39, 0.29) is 11.3 Å². The van der Waals surface area contributed by atoms with Crippen LogP contribution in [0.4, 0.5) is 5.69 Å². The molecular formula is C25H29N3O. The molecule has 4 rings (SSSR count). The molecule has 0 bridgehead atoms. The van der Waals surface area contributed by atoms with Gasteiger partial charge in [0.15, 0.2) is 0 Å². The lowest BCUT2D eigenvalue weighted by Gasteiger charge is -2.18. The summed E-state index contributed by atoms with van der Waals surface area (Å²) in [4.78, 5) is 4.84. The van der Waals surface area contributed by atoms with Gasteiger partial charge in [0, 0.05) is 23.4 Å². The first-order chi connectivity index (χ1) is 13.8. The molecule has 0 saturated carbocycles. The number of nitrogens with zero attached hydrogens (tertiary/aromatic N) is 3. The molecule has 0 fully saturated rings.